The minimum absolute atomic E-state index is 0.195. The molecule has 4 rings (SSSR count). The quantitative estimate of drug-likeness (QED) is 0.392. The number of carbonyl (C=O) groups is 2. The predicted octanol–water partition coefficient (Wildman–Crippen LogP) is 4.57. The number of rotatable bonds is 7. The number of para-hydroxylation sites is 2. The molecule has 0 fully saturated rings. The summed E-state index contributed by atoms with van der Waals surface area (Å²) in [6.45, 7) is 6.25. The largest absolute Gasteiger partial charge is 0.493 e. The van der Waals surface area contributed by atoms with Crippen LogP contribution < -0.4 is 9.47 Å². The molecule has 1 N–H and O–H groups in total. The first-order chi connectivity index (χ1) is 16.4. The van der Waals surface area contributed by atoms with E-state index in [-0.39, 0.29) is 30.9 Å². The minimum atomic E-state index is -1.36. The third-order valence-electron chi connectivity index (χ3n) is 6.47. The van der Waals surface area contributed by atoms with Gasteiger partial charge in [-0.25, -0.2) is 4.79 Å². The number of methoxy groups -OCH3 is 1. The van der Waals surface area contributed by atoms with Crippen molar-refractivity contribution >= 4 is 34.4 Å². The van der Waals surface area contributed by atoms with Gasteiger partial charge in [0.2, 0.25) is 5.91 Å². The number of carbonyl (C=O) groups excluding carboxylic acids is 2. The topological polar surface area (TPSA) is 80.9 Å². The first-order valence-corrected chi connectivity index (χ1v) is 11.9. The standard InChI is InChI=1S/C26H29ClN2O5/c1-5-33-23-16(11-9-13-20(23)32-4)18-15-29(21(30)14-27)26(3,25(31)34-6-2)24-22(18)17-10-7-8-12-19(17)28-24/h7-13,18,28H,5-6,14-15H2,1-4H3/t18?,26-/m1/s1. The molecule has 34 heavy (non-hydrogen) atoms. The van der Waals surface area contributed by atoms with Gasteiger partial charge in [0.05, 0.1) is 26.0 Å². The van der Waals surface area contributed by atoms with Crippen LogP contribution in [0.4, 0.5) is 0 Å². The first-order valence-electron chi connectivity index (χ1n) is 11.4. The van der Waals surface area contributed by atoms with Gasteiger partial charge in [-0.15, -0.1) is 11.6 Å². The number of nitrogens with one attached hydrogen (secondary N) is 1. The summed E-state index contributed by atoms with van der Waals surface area (Å²) < 4.78 is 17.1. The van der Waals surface area contributed by atoms with Gasteiger partial charge >= 0.3 is 5.97 Å². The average molecular weight is 485 g/mol. The molecule has 180 valence electrons. The number of amides is 1. The number of alkyl halides is 1. The van der Waals surface area contributed by atoms with E-state index in [9.17, 15) is 9.59 Å². The molecule has 0 saturated heterocycles. The number of hydrogen-bond acceptors (Lipinski definition) is 5. The van der Waals surface area contributed by atoms with Crippen molar-refractivity contribution in [3.63, 3.8) is 0 Å². The number of benzene rings is 2. The van der Waals surface area contributed by atoms with Gasteiger partial charge in [0.1, 0.15) is 5.88 Å². The van der Waals surface area contributed by atoms with Crippen LogP contribution in [0.5, 0.6) is 11.5 Å². The molecule has 3 aromatic rings. The van der Waals surface area contributed by atoms with Gasteiger partial charge in [0.25, 0.3) is 0 Å². The number of aromatic amines is 1. The number of aromatic nitrogens is 1. The van der Waals surface area contributed by atoms with E-state index in [1.807, 2.05) is 49.4 Å². The molecule has 2 aromatic carbocycles. The molecule has 2 heterocycles. The predicted molar refractivity (Wildman–Crippen MR) is 131 cm³/mol. The van der Waals surface area contributed by atoms with E-state index in [1.165, 1.54) is 4.90 Å². The van der Waals surface area contributed by atoms with Gasteiger partial charge in [-0.3, -0.25) is 4.79 Å². The lowest BCUT2D eigenvalue weighted by atomic mass is 9.77. The summed E-state index contributed by atoms with van der Waals surface area (Å²) in [5.74, 6) is -0.185. The molecule has 8 heteroatoms. The van der Waals surface area contributed by atoms with Crippen LogP contribution in [0.25, 0.3) is 10.9 Å². The summed E-state index contributed by atoms with van der Waals surface area (Å²) in [7, 11) is 1.60. The van der Waals surface area contributed by atoms with Gasteiger partial charge in [-0.1, -0.05) is 30.3 Å². The normalized spacial score (nSPS) is 19.6. The fraction of sp³-hybridized carbons (Fsp3) is 0.385. The molecular weight excluding hydrogens is 456 g/mol. The third-order valence-corrected chi connectivity index (χ3v) is 6.70. The van der Waals surface area contributed by atoms with Crippen LogP contribution in [-0.4, -0.2) is 54.5 Å². The highest BCUT2D eigenvalue weighted by Gasteiger charge is 2.53. The lowest BCUT2D eigenvalue weighted by molar-refractivity contribution is -0.164. The average Bonchev–Trinajstić information content (AvgIpc) is 3.25. The van der Waals surface area contributed by atoms with E-state index in [0.29, 0.717) is 23.8 Å². The molecule has 1 aliphatic rings. The lowest BCUT2D eigenvalue weighted by Crippen LogP contribution is -2.58. The van der Waals surface area contributed by atoms with E-state index in [4.69, 9.17) is 25.8 Å². The van der Waals surface area contributed by atoms with E-state index in [0.717, 1.165) is 22.0 Å². The van der Waals surface area contributed by atoms with Gasteiger partial charge < -0.3 is 24.1 Å². The van der Waals surface area contributed by atoms with Gasteiger partial charge in [-0.2, -0.15) is 0 Å². The summed E-state index contributed by atoms with van der Waals surface area (Å²) in [4.78, 5) is 31.5. The highest BCUT2D eigenvalue weighted by atomic mass is 35.5. The van der Waals surface area contributed by atoms with Crippen molar-refractivity contribution in [2.45, 2.75) is 32.2 Å². The second-order valence-electron chi connectivity index (χ2n) is 8.25. The van der Waals surface area contributed by atoms with Gasteiger partial charge in [-0.05, 0) is 38.5 Å². The Morgan fingerprint density at radius 3 is 2.59 bits per heavy atom. The molecule has 1 aliphatic heterocycles. The van der Waals surface area contributed by atoms with E-state index in [1.54, 1.807) is 21.0 Å². The van der Waals surface area contributed by atoms with Crippen molar-refractivity contribution in [2.75, 3.05) is 32.7 Å². The van der Waals surface area contributed by atoms with Crippen molar-refractivity contribution < 1.29 is 23.8 Å². The van der Waals surface area contributed by atoms with Crippen molar-refractivity contribution in [1.82, 2.24) is 9.88 Å². The summed E-state index contributed by atoms with van der Waals surface area (Å²) in [6, 6.07) is 13.6. The van der Waals surface area contributed by atoms with Gasteiger partial charge in [0, 0.05) is 28.9 Å². The van der Waals surface area contributed by atoms with Crippen LogP contribution in [0.3, 0.4) is 0 Å². The van der Waals surface area contributed by atoms with Crippen LogP contribution in [-0.2, 0) is 19.9 Å². The number of hydrogen-bond donors (Lipinski definition) is 1. The molecule has 2 atom stereocenters. The van der Waals surface area contributed by atoms with Crippen molar-refractivity contribution in [3.05, 3.63) is 59.3 Å². The molecule has 0 aliphatic carbocycles. The summed E-state index contributed by atoms with van der Waals surface area (Å²) in [5, 5.41) is 0.973. The van der Waals surface area contributed by atoms with Crippen LogP contribution in [0.2, 0.25) is 0 Å². The van der Waals surface area contributed by atoms with Crippen LogP contribution in [0.15, 0.2) is 42.5 Å². The Balaban J connectivity index is 2.05. The maximum absolute atomic E-state index is 13.4. The zero-order valence-corrected chi connectivity index (χ0v) is 20.6. The van der Waals surface area contributed by atoms with Crippen molar-refractivity contribution in [3.8, 4) is 11.5 Å². The number of fused-ring (bicyclic) bond motifs is 3. The zero-order chi connectivity index (χ0) is 24.5. The molecule has 0 bridgehead atoms. The Bertz CT molecular complexity index is 1220. The smallest absolute Gasteiger partial charge is 0.338 e. The highest BCUT2D eigenvalue weighted by molar-refractivity contribution is 6.27. The Kier molecular flexibility index (Phi) is 6.75. The fourth-order valence-corrected chi connectivity index (χ4v) is 5.07. The molecule has 0 spiro atoms. The molecule has 7 nitrogen and oxygen atoms in total. The monoisotopic (exact) mass is 484 g/mol. The second kappa shape index (κ2) is 9.58. The maximum atomic E-state index is 13.4. The molecule has 0 saturated carbocycles. The van der Waals surface area contributed by atoms with Crippen LogP contribution >= 0.6 is 11.6 Å². The minimum Gasteiger partial charge on any atom is -0.493 e. The maximum Gasteiger partial charge on any atom is 0.338 e. The van der Waals surface area contributed by atoms with Crippen LogP contribution in [0.1, 0.15) is 43.5 Å². The van der Waals surface area contributed by atoms with E-state index < -0.39 is 11.5 Å². The second-order valence-corrected chi connectivity index (χ2v) is 8.52. The molecule has 1 aromatic heterocycles. The van der Waals surface area contributed by atoms with E-state index >= 15 is 0 Å². The summed E-state index contributed by atoms with van der Waals surface area (Å²) >= 11 is 6.02. The fourth-order valence-electron chi connectivity index (χ4n) is 4.93. The van der Waals surface area contributed by atoms with Crippen LogP contribution in [0, 0.1) is 0 Å². The highest BCUT2D eigenvalue weighted by Crippen LogP contribution is 2.49. The molecule has 1 unspecified atom stereocenters. The lowest BCUT2D eigenvalue weighted by Gasteiger charge is -2.45. The molecule has 1 amide bonds. The zero-order valence-electron chi connectivity index (χ0n) is 19.8. The number of H-pyrrole nitrogens is 1. The Hall–Kier alpha value is -3.19. The molecule has 0 radical (unpaired) electrons. The Morgan fingerprint density at radius 2 is 1.91 bits per heavy atom. The molecular formula is C26H29ClN2O5. The summed E-state index contributed by atoms with van der Waals surface area (Å²) in [5.41, 5.74) is 1.92. The SMILES string of the molecule is CCOC(=O)[C@@]1(C)c2[nH]c3ccccc3c2C(c2cccc(OC)c2OCC)CN1C(=O)CCl. The van der Waals surface area contributed by atoms with Gasteiger partial charge in [0.15, 0.2) is 17.0 Å². The van der Waals surface area contributed by atoms with Crippen molar-refractivity contribution in [2.24, 2.45) is 0 Å². The Morgan fingerprint density at radius 1 is 1.15 bits per heavy atom. The first kappa shape index (κ1) is 24.0. The number of esters is 1. The summed E-state index contributed by atoms with van der Waals surface area (Å²) in [6.07, 6.45) is 0. The number of nitrogens with zero attached hydrogens (tertiary/aromatic N) is 1. The van der Waals surface area contributed by atoms with E-state index in [2.05, 4.69) is 4.98 Å². The van der Waals surface area contributed by atoms with Crippen molar-refractivity contribution in [1.29, 1.82) is 0 Å². The number of ether oxygens (including phenoxy) is 3. The third kappa shape index (κ3) is 3.68. The Labute approximate surface area is 203 Å². The number of halogens is 1.